The van der Waals surface area contributed by atoms with Gasteiger partial charge >= 0.3 is 0 Å². The van der Waals surface area contributed by atoms with E-state index in [1.165, 1.54) is 6.07 Å². The number of rotatable bonds is 5. The molecule has 0 radical (unpaired) electrons. The number of halogens is 2. The van der Waals surface area contributed by atoms with E-state index >= 15 is 0 Å². The normalized spacial score (nSPS) is 12.2. The van der Waals surface area contributed by atoms with Crippen molar-refractivity contribution in [2.75, 3.05) is 7.05 Å². The molecule has 0 fully saturated rings. The molecule has 110 valence electrons. The average Bonchev–Trinajstić information content (AvgIpc) is 2.48. The lowest BCUT2D eigenvalue weighted by molar-refractivity contribution is -0.118. The number of nitrogens with one attached hydrogen (secondary N) is 1. The van der Waals surface area contributed by atoms with Crippen molar-refractivity contribution < 1.29 is 9.18 Å². The molecule has 1 atom stereocenters. The summed E-state index contributed by atoms with van der Waals surface area (Å²) in [5.74, 6) is -0.303. The van der Waals surface area contributed by atoms with Gasteiger partial charge in [-0.15, -0.1) is 0 Å². The summed E-state index contributed by atoms with van der Waals surface area (Å²) in [6.45, 7) is 1.58. The zero-order valence-corrected chi connectivity index (χ0v) is 12.7. The quantitative estimate of drug-likeness (QED) is 0.908. The lowest BCUT2D eigenvalue weighted by Gasteiger charge is -2.13. The molecule has 4 heteroatoms. The van der Waals surface area contributed by atoms with Gasteiger partial charge < -0.3 is 5.32 Å². The summed E-state index contributed by atoms with van der Waals surface area (Å²) >= 11 is 5.80. The van der Waals surface area contributed by atoms with E-state index in [4.69, 9.17) is 11.6 Å². The van der Waals surface area contributed by atoms with Gasteiger partial charge in [0.2, 0.25) is 0 Å². The molecule has 0 amide bonds. The highest BCUT2D eigenvalue weighted by atomic mass is 35.5. The minimum Gasteiger partial charge on any atom is -0.310 e. The number of hydrogen-bond acceptors (Lipinski definition) is 2. The van der Waals surface area contributed by atoms with Gasteiger partial charge in [-0.05, 0) is 49.2 Å². The van der Waals surface area contributed by atoms with Crippen LogP contribution in [0.4, 0.5) is 4.39 Å². The van der Waals surface area contributed by atoms with Crippen LogP contribution in [0.15, 0.2) is 42.5 Å². The highest BCUT2D eigenvalue weighted by molar-refractivity contribution is 6.31. The lowest BCUT2D eigenvalue weighted by Crippen LogP contribution is -2.34. The maximum Gasteiger partial charge on any atom is 0.147 e. The zero-order valence-electron chi connectivity index (χ0n) is 12.0. The van der Waals surface area contributed by atoms with Crippen LogP contribution in [0, 0.1) is 5.82 Å². The number of ketones is 1. The topological polar surface area (TPSA) is 29.1 Å². The molecule has 0 bridgehead atoms. The van der Waals surface area contributed by atoms with E-state index in [-0.39, 0.29) is 16.8 Å². The van der Waals surface area contributed by atoms with E-state index in [1.54, 1.807) is 26.1 Å². The number of carbonyl (C=O) groups is 1. The number of carbonyl (C=O) groups excluding carboxylic acids is 1. The molecule has 21 heavy (non-hydrogen) atoms. The van der Waals surface area contributed by atoms with E-state index in [1.807, 2.05) is 24.3 Å². The van der Waals surface area contributed by atoms with Crippen LogP contribution in [-0.2, 0) is 11.2 Å². The summed E-state index contributed by atoms with van der Waals surface area (Å²) in [6.07, 6.45) is 0.649. The van der Waals surface area contributed by atoms with E-state index in [0.717, 1.165) is 16.7 Å². The van der Waals surface area contributed by atoms with Crippen LogP contribution in [0.2, 0.25) is 5.02 Å². The van der Waals surface area contributed by atoms with Gasteiger partial charge in [-0.25, -0.2) is 4.39 Å². The summed E-state index contributed by atoms with van der Waals surface area (Å²) in [5.41, 5.74) is 2.90. The first-order valence-corrected chi connectivity index (χ1v) is 7.11. The fourth-order valence-corrected chi connectivity index (χ4v) is 2.37. The van der Waals surface area contributed by atoms with Crippen molar-refractivity contribution in [1.82, 2.24) is 5.32 Å². The van der Waals surface area contributed by atoms with Gasteiger partial charge in [0, 0.05) is 0 Å². The minimum absolute atomic E-state index is 0.114. The third kappa shape index (κ3) is 3.90. The standard InChI is InChI=1S/C17H17ClFNO/c1-11(21)17(20-2)9-12-3-5-13(6-4-12)14-7-8-16(19)15(18)10-14/h3-8,10,17,20H,9H2,1-2H3/t17-/m0/s1. The molecular weight excluding hydrogens is 289 g/mol. The summed E-state index contributed by atoms with van der Waals surface area (Å²) in [4.78, 5) is 11.4. The second-order valence-electron chi connectivity index (χ2n) is 4.98. The van der Waals surface area contributed by atoms with Crippen molar-refractivity contribution >= 4 is 17.4 Å². The molecular formula is C17H17ClFNO. The molecule has 0 aliphatic heterocycles. The maximum absolute atomic E-state index is 13.2. The fourth-order valence-electron chi connectivity index (χ4n) is 2.19. The molecule has 0 heterocycles. The minimum atomic E-state index is -0.421. The van der Waals surface area contributed by atoms with E-state index < -0.39 is 5.82 Å². The highest BCUT2D eigenvalue weighted by Gasteiger charge is 2.12. The van der Waals surface area contributed by atoms with Gasteiger partial charge in [0.05, 0.1) is 11.1 Å². The van der Waals surface area contributed by atoms with Crippen molar-refractivity contribution in [3.63, 3.8) is 0 Å². The Labute approximate surface area is 128 Å². The second kappa shape index (κ2) is 6.83. The summed E-state index contributed by atoms with van der Waals surface area (Å²) < 4.78 is 13.2. The Morgan fingerprint density at radius 1 is 1.19 bits per heavy atom. The molecule has 0 aliphatic rings. The van der Waals surface area contributed by atoms with Gasteiger partial charge in [0.1, 0.15) is 11.6 Å². The number of Topliss-reactive ketones (excluding diaryl/α,β-unsaturated/α-hetero) is 1. The highest BCUT2D eigenvalue weighted by Crippen LogP contribution is 2.25. The number of hydrogen-bond donors (Lipinski definition) is 1. The van der Waals surface area contributed by atoms with Crippen LogP contribution < -0.4 is 5.32 Å². The first kappa shape index (κ1) is 15.7. The smallest absolute Gasteiger partial charge is 0.147 e. The second-order valence-corrected chi connectivity index (χ2v) is 5.39. The van der Waals surface area contributed by atoms with E-state index in [9.17, 15) is 9.18 Å². The molecule has 2 nitrogen and oxygen atoms in total. The van der Waals surface area contributed by atoms with Gasteiger partial charge in [0.25, 0.3) is 0 Å². The fraction of sp³-hybridized carbons (Fsp3) is 0.235. The molecule has 0 unspecified atom stereocenters. The lowest BCUT2D eigenvalue weighted by atomic mass is 9.99. The van der Waals surface area contributed by atoms with E-state index in [2.05, 4.69) is 5.32 Å². The third-order valence-corrected chi connectivity index (χ3v) is 3.78. The summed E-state index contributed by atoms with van der Waals surface area (Å²) in [6, 6.07) is 12.3. The number of benzene rings is 2. The Kier molecular flexibility index (Phi) is 5.10. The van der Waals surface area contributed by atoms with Crippen LogP contribution in [0.25, 0.3) is 11.1 Å². The largest absolute Gasteiger partial charge is 0.310 e. The Balaban J connectivity index is 2.18. The molecule has 0 aromatic heterocycles. The van der Waals surface area contributed by atoms with Crippen LogP contribution in [0.3, 0.4) is 0 Å². The van der Waals surface area contributed by atoms with Gasteiger partial charge in [-0.1, -0.05) is 41.9 Å². The maximum atomic E-state index is 13.2. The van der Waals surface area contributed by atoms with Crippen molar-refractivity contribution in [3.8, 4) is 11.1 Å². The first-order chi connectivity index (χ1) is 10.0. The predicted octanol–water partition coefficient (Wildman–Crippen LogP) is 3.87. The van der Waals surface area contributed by atoms with E-state index in [0.29, 0.717) is 6.42 Å². The summed E-state index contributed by atoms with van der Waals surface area (Å²) in [7, 11) is 1.78. The van der Waals surface area contributed by atoms with Crippen molar-refractivity contribution in [1.29, 1.82) is 0 Å². The molecule has 0 aliphatic carbocycles. The van der Waals surface area contributed by atoms with Crippen LogP contribution >= 0.6 is 11.6 Å². The summed E-state index contributed by atoms with van der Waals surface area (Å²) in [5, 5.41) is 3.12. The van der Waals surface area contributed by atoms with Crippen LogP contribution in [0.1, 0.15) is 12.5 Å². The zero-order chi connectivity index (χ0) is 15.4. The van der Waals surface area contributed by atoms with Gasteiger partial charge in [-0.2, -0.15) is 0 Å². The molecule has 0 spiro atoms. The predicted molar refractivity (Wildman–Crippen MR) is 84.1 cm³/mol. The van der Waals surface area contributed by atoms with Crippen molar-refractivity contribution in [3.05, 3.63) is 58.9 Å². The van der Waals surface area contributed by atoms with Crippen molar-refractivity contribution in [2.24, 2.45) is 0 Å². The monoisotopic (exact) mass is 305 g/mol. The molecule has 0 saturated carbocycles. The average molecular weight is 306 g/mol. The SMILES string of the molecule is CN[C@@H](Cc1ccc(-c2ccc(F)c(Cl)c2)cc1)C(C)=O. The Hall–Kier alpha value is -1.71. The third-order valence-electron chi connectivity index (χ3n) is 3.49. The Morgan fingerprint density at radius 3 is 2.33 bits per heavy atom. The molecule has 2 aromatic carbocycles. The van der Waals surface area contributed by atoms with Gasteiger partial charge in [-0.3, -0.25) is 4.79 Å². The Bertz CT molecular complexity index is 640. The van der Waals surface area contributed by atoms with Crippen molar-refractivity contribution in [2.45, 2.75) is 19.4 Å². The first-order valence-electron chi connectivity index (χ1n) is 6.73. The molecule has 2 rings (SSSR count). The van der Waals surface area contributed by atoms with Gasteiger partial charge in [0.15, 0.2) is 0 Å². The molecule has 0 saturated heterocycles. The molecule has 2 aromatic rings. The Morgan fingerprint density at radius 2 is 1.81 bits per heavy atom. The molecule has 1 N–H and O–H groups in total. The van der Waals surface area contributed by atoms with Crippen LogP contribution in [0.5, 0.6) is 0 Å². The number of likely N-dealkylation sites (N-methyl/N-ethyl adjacent to an activating group) is 1. The van der Waals surface area contributed by atoms with Crippen LogP contribution in [-0.4, -0.2) is 18.9 Å².